The number of likely N-dealkylation sites (N-methyl/N-ethyl adjacent to an activating group) is 1. The topological polar surface area (TPSA) is 95.9 Å². The van der Waals surface area contributed by atoms with Gasteiger partial charge >= 0.3 is 0 Å². The van der Waals surface area contributed by atoms with Crippen molar-refractivity contribution in [1.29, 1.82) is 0 Å². The minimum absolute atomic E-state index is 0.00418. The summed E-state index contributed by atoms with van der Waals surface area (Å²) in [7, 11) is 5.36. The van der Waals surface area contributed by atoms with Crippen molar-refractivity contribution >= 4 is 0 Å². The van der Waals surface area contributed by atoms with E-state index in [1.54, 1.807) is 20.3 Å². The lowest BCUT2D eigenvalue weighted by atomic mass is 9.86. The fraction of sp³-hybridized carbons (Fsp3) is 0.314. The summed E-state index contributed by atoms with van der Waals surface area (Å²) in [5.74, 6) is 4.09. The molecule has 10 rings (SSSR count). The number of rotatable bonds is 2. The minimum atomic E-state index is -0.539. The molecular weight excluding hydrogens is 560 g/mol. The molecule has 0 aromatic heterocycles. The second-order valence-corrected chi connectivity index (χ2v) is 11.9. The second kappa shape index (κ2) is 10.3. The number of hydroxylamine groups is 2. The summed E-state index contributed by atoms with van der Waals surface area (Å²) in [6.07, 6.45) is 2.41. The highest BCUT2D eigenvalue weighted by Crippen LogP contribution is 2.60. The summed E-state index contributed by atoms with van der Waals surface area (Å²) < 4.78 is 31.3. The molecule has 4 aromatic carbocycles. The van der Waals surface area contributed by atoms with Crippen molar-refractivity contribution in [3.05, 3.63) is 93.2 Å². The maximum absolute atomic E-state index is 13.4. The van der Waals surface area contributed by atoms with E-state index in [9.17, 15) is 10.3 Å². The largest absolute Gasteiger partial charge is 0.785 e. The van der Waals surface area contributed by atoms with E-state index < -0.39 is 6.04 Å². The Kier molecular flexibility index (Phi) is 6.37. The number of fused-ring (bicyclic) bond motifs is 1. The third-order valence-corrected chi connectivity index (χ3v) is 9.41. The summed E-state index contributed by atoms with van der Waals surface area (Å²) in [6.45, 7) is 1.16. The molecule has 44 heavy (non-hydrogen) atoms. The monoisotopic (exact) mass is 593 g/mol. The quantitative estimate of drug-likeness (QED) is 0.236. The molecule has 6 aliphatic rings. The van der Waals surface area contributed by atoms with Gasteiger partial charge in [0.15, 0.2) is 34.5 Å². The highest BCUT2D eigenvalue weighted by molar-refractivity contribution is 5.71. The molecule has 0 unspecified atom stereocenters. The molecule has 226 valence electrons. The van der Waals surface area contributed by atoms with Crippen molar-refractivity contribution in [2.24, 2.45) is 0 Å². The number of nitrogens with zero attached hydrogens (tertiary/aromatic N) is 2. The molecule has 1 N–H and O–H groups in total. The molecule has 0 amide bonds. The van der Waals surface area contributed by atoms with E-state index in [1.807, 2.05) is 42.5 Å². The predicted molar refractivity (Wildman–Crippen MR) is 164 cm³/mol. The van der Waals surface area contributed by atoms with Crippen LogP contribution in [0.2, 0.25) is 0 Å². The molecule has 0 fully saturated rings. The Hall–Kier alpha value is -4.44. The highest BCUT2D eigenvalue weighted by atomic mass is 16.6. The predicted octanol–water partition coefficient (Wildman–Crippen LogP) is 6.82. The van der Waals surface area contributed by atoms with Crippen LogP contribution in [0.4, 0.5) is 0 Å². The van der Waals surface area contributed by atoms with Crippen molar-refractivity contribution in [2.75, 3.05) is 34.4 Å². The zero-order chi connectivity index (χ0) is 30.1. The smallest absolute Gasteiger partial charge is 0.212 e. The molecule has 0 saturated carbocycles. The van der Waals surface area contributed by atoms with Crippen LogP contribution >= 0.6 is 0 Å². The minimum Gasteiger partial charge on any atom is -0.785 e. The van der Waals surface area contributed by atoms with Gasteiger partial charge in [0.2, 0.25) is 11.5 Å². The first-order valence-electron chi connectivity index (χ1n) is 15.0. The molecule has 2 atom stereocenters. The molecule has 10 bridgehead atoms. The number of phenols is 1. The van der Waals surface area contributed by atoms with Gasteiger partial charge in [-0.15, -0.1) is 0 Å². The Morgan fingerprint density at radius 1 is 0.727 bits per heavy atom. The molecule has 6 aliphatic heterocycles. The first kappa shape index (κ1) is 27.1. The molecule has 0 radical (unpaired) electrons. The summed E-state index contributed by atoms with van der Waals surface area (Å²) in [4.78, 5) is 2.31. The molecule has 0 aliphatic carbocycles. The van der Waals surface area contributed by atoms with Gasteiger partial charge in [-0.2, -0.15) is 0 Å². The number of methoxy groups -OCH3 is 2. The summed E-state index contributed by atoms with van der Waals surface area (Å²) >= 11 is 0. The number of benzene rings is 4. The number of hydrogen-bond donors (Lipinski definition) is 1. The fourth-order valence-electron chi connectivity index (χ4n) is 7.13. The van der Waals surface area contributed by atoms with Gasteiger partial charge < -0.3 is 39.1 Å². The Balaban J connectivity index is 1.38. The lowest BCUT2D eigenvalue weighted by Crippen LogP contribution is -2.34. The van der Waals surface area contributed by atoms with Crippen LogP contribution in [0.15, 0.2) is 54.6 Å². The van der Waals surface area contributed by atoms with Crippen LogP contribution in [-0.4, -0.2) is 49.4 Å². The molecule has 4 aromatic rings. The Morgan fingerprint density at radius 3 is 2.18 bits per heavy atom. The van der Waals surface area contributed by atoms with Gasteiger partial charge in [0, 0.05) is 29.8 Å². The molecule has 9 nitrogen and oxygen atoms in total. The highest BCUT2D eigenvalue weighted by Gasteiger charge is 2.39. The van der Waals surface area contributed by atoms with Crippen LogP contribution in [0.5, 0.6) is 51.7 Å². The van der Waals surface area contributed by atoms with Crippen LogP contribution in [-0.2, 0) is 25.7 Å². The van der Waals surface area contributed by atoms with Crippen LogP contribution in [0, 0.1) is 5.21 Å². The van der Waals surface area contributed by atoms with E-state index in [-0.39, 0.29) is 17.5 Å². The van der Waals surface area contributed by atoms with Crippen molar-refractivity contribution in [2.45, 2.75) is 37.8 Å². The molecular formula is C35H33N2O7-. The van der Waals surface area contributed by atoms with E-state index in [2.05, 4.69) is 18.0 Å². The Bertz CT molecular complexity index is 1790. The van der Waals surface area contributed by atoms with E-state index in [0.717, 1.165) is 51.4 Å². The average molecular weight is 594 g/mol. The SMILES string of the molecule is COc1ccc2cc1Oc1ccc(cc1)C[C@H]1c3c(cc(O)c4c3Oc3c(OC)cc5c(c3O4)[C@@H](C2)N(C)CC5)CCN1[O-]. The molecule has 0 spiro atoms. The molecule has 9 heteroatoms. The average Bonchev–Trinajstić information content (AvgIpc) is 3.03. The second-order valence-electron chi connectivity index (χ2n) is 11.9. The van der Waals surface area contributed by atoms with Crippen LogP contribution in [0.25, 0.3) is 0 Å². The third-order valence-electron chi connectivity index (χ3n) is 9.41. The number of hydrogen-bond acceptors (Lipinski definition) is 9. The molecule has 0 saturated heterocycles. The Morgan fingerprint density at radius 2 is 1.39 bits per heavy atom. The van der Waals surface area contributed by atoms with Crippen molar-refractivity contribution in [1.82, 2.24) is 9.96 Å². The van der Waals surface area contributed by atoms with Gasteiger partial charge in [-0.3, -0.25) is 4.90 Å². The van der Waals surface area contributed by atoms with Gasteiger partial charge in [-0.05, 0) is 97.9 Å². The van der Waals surface area contributed by atoms with Crippen LogP contribution in [0.1, 0.15) is 45.5 Å². The summed E-state index contributed by atoms with van der Waals surface area (Å²) in [6, 6.07) is 17.0. The van der Waals surface area contributed by atoms with Gasteiger partial charge in [-0.25, -0.2) is 0 Å². The van der Waals surface area contributed by atoms with Crippen molar-refractivity contribution in [3.8, 4) is 51.7 Å². The lowest BCUT2D eigenvalue weighted by Gasteiger charge is -2.44. The summed E-state index contributed by atoms with van der Waals surface area (Å²) in [5, 5.41) is 25.8. The zero-order valence-electron chi connectivity index (χ0n) is 24.9. The number of ether oxygens (including phenoxy) is 5. The maximum atomic E-state index is 13.4. The Labute approximate surface area is 255 Å². The van der Waals surface area contributed by atoms with E-state index in [0.29, 0.717) is 66.1 Å². The normalized spacial score (nSPS) is 20.2. The van der Waals surface area contributed by atoms with Crippen LogP contribution < -0.4 is 23.7 Å². The third kappa shape index (κ3) is 4.26. The fourth-order valence-corrected chi connectivity index (χ4v) is 7.13. The van der Waals surface area contributed by atoms with Gasteiger partial charge in [-0.1, -0.05) is 18.2 Å². The lowest BCUT2D eigenvalue weighted by molar-refractivity contribution is 0.216. The van der Waals surface area contributed by atoms with Crippen molar-refractivity contribution in [3.63, 3.8) is 0 Å². The van der Waals surface area contributed by atoms with E-state index >= 15 is 0 Å². The van der Waals surface area contributed by atoms with Crippen LogP contribution in [0.3, 0.4) is 0 Å². The molecule has 6 heterocycles. The first-order chi connectivity index (χ1) is 21.4. The standard InChI is InChI=1S/C35H33N2O7/c1-36-12-10-22-18-29(41-3)33-35-30(22)24(36)15-20-6-9-27(40-2)28(16-20)42-23-7-4-19(5-8-23)14-25-31-21(11-13-37(25)39)17-26(38)32(43-35)34(31)44-33/h4-9,16-18,24-25,38H,10-15H2,1-3H3/q-1/t24-,25+/m1/s1. The number of phenolic OH excluding ortho intramolecular Hbond substituents is 1. The number of aromatic hydroxyl groups is 1. The van der Waals surface area contributed by atoms with Crippen molar-refractivity contribution < 1.29 is 28.8 Å². The zero-order valence-corrected chi connectivity index (χ0v) is 24.9. The van der Waals surface area contributed by atoms with E-state index in [4.69, 9.17) is 23.7 Å². The van der Waals surface area contributed by atoms with Gasteiger partial charge in [0.05, 0.1) is 14.2 Å². The summed E-state index contributed by atoms with van der Waals surface area (Å²) in [5.41, 5.74) is 5.75. The maximum Gasteiger partial charge on any atom is 0.212 e. The van der Waals surface area contributed by atoms with Gasteiger partial charge in [0.1, 0.15) is 5.75 Å². The van der Waals surface area contributed by atoms with Gasteiger partial charge in [0.25, 0.3) is 0 Å². The first-order valence-corrected chi connectivity index (χ1v) is 15.0. The van der Waals surface area contributed by atoms with E-state index in [1.165, 1.54) is 0 Å².